The number of rotatable bonds is 3. The topological polar surface area (TPSA) is 40.5 Å². The van der Waals surface area contributed by atoms with E-state index in [0.29, 0.717) is 6.54 Å². The lowest BCUT2D eigenvalue weighted by molar-refractivity contribution is 0.0806. The van der Waals surface area contributed by atoms with E-state index in [-0.39, 0.29) is 11.3 Å². The number of hydrogen-bond acceptors (Lipinski definition) is 2. The van der Waals surface area contributed by atoms with Crippen molar-refractivity contribution in [3.8, 4) is 5.75 Å². The van der Waals surface area contributed by atoms with Gasteiger partial charge in [-0.3, -0.25) is 4.79 Å². The van der Waals surface area contributed by atoms with E-state index in [1.54, 1.807) is 13.1 Å². The molecule has 1 aromatic carbocycles. The molecule has 0 atom stereocenters. The predicted molar refractivity (Wildman–Crippen MR) is 55.2 cm³/mol. The van der Waals surface area contributed by atoms with Crippen molar-refractivity contribution in [1.82, 2.24) is 4.90 Å². The van der Waals surface area contributed by atoms with Gasteiger partial charge in [-0.2, -0.15) is 0 Å². The van der Waals surface area contributed by atoms with Crippen molar-refractivity contribution in [2.24, 2.45) is 0 Å². The molecule has 1 amide bonds. The molecule has 1 aromatic rings. The Morgan fingerprint density at radius 2 is 2.33 bits per heavy atom. The molecule has 0 spiro atoms. The minimum atomic E-state index is -0.553. The molecule has 80 valence electrons. The van der Waals surface area contributed by atoms with E-state index < -0.39 is 11.7 Å². The van der Waals surface area contributed by atoms with Crippen molar-refractivity contribution in [3.05, 3.63) is 42.2 Å². The van der Waals surface area contributed by atoms with E-state index in [2.05, 4.69) is 6.58 Å². The van der Waals surface area contributed by atoms with E-state index in [1.165, 1.54) is 4.90 Å². The molecule has 0 bridgehead atoms. The molecule has 1 rings (SSSR count). The third kappa shape index (κ3) is 2.56. The molecule has 3 nitrogen and oxygen atoms in total. The first-order valence-corrected chi connectivity index (χ1v) is 4.41. The highest BCUT2D eigenvalue weighted by molar-refractivity contribution is 5.96. The summed E-state index contributed by atoms with van der Waals surface area (Å²) in [5.41, 5.74) is -0.0423. The summed E-state index contributed by atoms with van der Waals surface area (Å²) in [5, 5.41) is 9.38. The lowest BCUT2D eigenvalue weighted by atomic mass is 10.1. The second-order valence-electron chi connectivity index (χ2n) is 3.14. The van der Waals surface area contributed by atoms with Crippen LogP contribution in [-0.2, 0) is 0 Å². The Morgan fingerprint density at radius 3 is 2.93 bits per heavy atom. The van der Waals surface area contributed by atoms with Crippen LogP contribution in [0, 0.1) is 5.82 Å². The number of carbonyl (C=O) groups is 1. The zero-order valence-corrected chi connectivity index (χ0v) is 8.40. The number of aromatic hydroxyl groups is 1. The first kappa shape index (κ1) is 11.2. The summed E-state index contributed by atoms with van der Waals surface area (Å²) in [5.74, 6) is -1.22. The summed E-state index contributed by atoms with van der Waals surface area (Å²) >= 11 is 0. The average molecular weight is 209 g/mol. The molecule has 0 aliphatic rings. The number of halogens is 1. The number of benzene rings is 1. The van der Waals surface area contributed by atoms with Gasteiger partial charge in [-0.1, -0.05) is 6.08 Å². The molecule has 0 radical (unpaired) electrons. The Hall–Kier alpha value is -1.84. The van der Waals surface area contributed by atoms with Crippen LogP contribution in [-0.4, -0.2) is 29.5 Å². The van der Waals surface area contributed by atoms with Crippen LogP contribution in [0.1, 0.15) is 10.4 Å². The minimum absolute atomic E-state index is 0.0423. The van der Waals surface area contributed by atoms with Gasteiger partial charge in [0.25, 0.3) is 5.91 Å². The number of phenolic OH excluding ortho intramolecular Hbond substituents is 1. The van der Waals surface area contributed by atoms with Crippen molar-refractivity contribution in [2.75, 3.05) is 13.6 Å². The van der Waals surface area contributed by atoms with E-state index in [1.807, 2.05) is 0 Å². The normalized spacial score (nSPS) is 9.73. The maximum Gasteiger partial charge on any atom is 0.257 e. The summed E-state index contributed by atoms with van der Waals surface area (Å²) < 4.78 is 12.9. The molecule has 0 heterocycles. The van der Waals surface area contributed by atoms with Crippen LogP contribution in [0.3, 0.4) is 0 Å². The number of nitrogens with zero attached hydrogens (tertiary/aromatic N) is 1. The molecule has 4 heteroatoms. The molecular formula is C11H12FNO2. The SMILES string of the molecule is C=CCN(C)C(=O)c1cc(F)ccc1O. The van der Waals surface area contributed by atoms with Gasteiger partial charge >= 0.3 is 0 Å². The highest BCUT2D eigenvalue weighted by Gasteiger charge is 2.15. The molecule has 0 aliphatic heterocycles. The zero-order valence-electron chi connectivity index (χ0n) is 8.40. The van der Waals surface area contributed by atoms with Crippen molar-refractivity contribution >= 4 is 5.91 Å². The maximum atomic E-state index is 12.9. The minimum Gasteiger partial charge on any atom is -0.507 e. The smallest absolute Gasteiger partial charge is 0.257 e. The van der Waals surface area contributed by atoms with Crippen LogP contribution in [0.25, 0.3) is 0 Å². The second-order valence-corrected chi connectivity index (χ2v) is 3.14. The fraction of sp³-hybridized carbons (Fsp3) is 0.182. The van der Waals surface area contributed by atoms with Gasteiger partial charge in [-0.15, -0.1) is 6.58 Å². The standard InChI is InChI=1S/C11H12FNO2/c1-3-6-13(2)11(15)9-7-8(12)4-5-10(9)14/h3-5,7,14H,1,6H2,2H3. The Bertz CT molecular complexity index is 390. The lowest BCUT2D eigenvalue weighted by Crippen LogP contribution is -2.26. The Labute approximate surface area is 87.4 Å². The Morgan fingerprint density at radius 1 is 1.67 bits per heavy atom. The summed E-state index contributed by atoms with van der Waals surface area (Å²) in [7, 11) is 1.55. The third-order valence-corrected chi connectivity index (χ3v) is 1.94. The Balaban J connectivity index is 2.99. The average Bonchev–Trinajstić information content (AvgIpc) is 2.21. The van der Waals surface area contributed by atoms with E-state index in [4.69, 9.17) is 0 Å². The quantitative estimate of drug-likeness (QED) is 0.771. The molecule has 0 fully saturated rings. The van der Waals surface area contributed by atoms with E-state index >= 15 is 0 Å². The zero-order chi connectivity index (χ0) is 11.4. The molecule has 0 aromatic heterocycles. The molecule has 0 saturated carbocycles. The van der Waals surface area contributed by atoms with Crippen LogP contribution >= 0.6 is 0 Å². The van der Waals surface area contributed by atoms with Crippen molar-refractivity contribution in [1.29, 1.82) is 0 Å². The van der Waals surface area contributed by atoms with Gasteiger partial charge in [0.15, 0.2) is 0 Å². The third-order valence-electron chi connectivity index (χ3n) is 1.94. The van der Waals surface area contributed by atoms with Crippen LogP contribution in [0.4, 0.5) is 4.39 Å². The second kappa shape index (κ2) is 4.59. The first-order chi connectivity index (χ1) is 7.06. The van der Waals surface area contributed by atoms with Gasteiger partial charge in [-0.05, 0) is 18.2 Å². The summed E-state index contributed by atoms with van der Waals surface area (Å²) in [4.78, 5) is 13.0. The molecule has 0 unspecified atom stereocenters. The highest BCUT2D eigenvalue weighted by Crippen LogP contribution is 2.19. The lowest BCUT2D eigenvalue weighted by Gasteiger charge is -2.15. The molecule has 0 saturated heterocycles. The monoisotopic (exact) mass is 209 g/mol. The number of carbonyl (C=O) groups excluding carboxylic acids is 1. The maximum absolute atomic E-state index is 12.9. The van der Waals surface area contributed by atoms with Gasteiger partial charge < -0.3 is 10.0 Å². The van der Waals surface area contributed by atoms with Crippen molar-refractivity contribution in [2.45, 2.75) is 0 Å². The number of amides is 1. The van der Waals surface area contributed by atoms with Crippen LogP contribution in [0.15, 0.2) is 30.9 Å². The Kier molecular flexibility index (Phi) is 3.44. The van der Waals surface area contributed by atoms with Crippen LogP contribution in [0.2, 0.25) is 0 Å². The van der Waals surface area contributed by atoms with E-state index in [0.717, 1.165) is 18.2 Å². The molecule has 15 heavy (non-hydrogen) atoms. The number of phenols is 1. The fourth-order valence-corrected chi connectivity index (χ4v) is 1.16. The first-order valence-electron chi connectivity index (χ1n) is 4.41. The van der Waals surface area contributed by atoms with E-state index in [9.17, 15) is 14.3 Å². The summed E-state index contributed by atoms with van der Waals surface area (Å²) in [6.45, 7) is 3.83. The summed E-state index contributed by atoms with van der Waals surface area (Å²) in [6.07, 6.45) is 1.55. The fourth-order valence-electron chi connectivity index (χ4n) is 1.16. The van der Waals surface area contributed by atoms with Gasteiger partial charge in [0.2, 0.25) is 0 Å². The molecule has 1 N–H and O–H groups in total. The molecular weight excluding hydrogens is 197 g/mol. The van der Waals surface area contributed by atoms with Gasteiger partial charge in [-0.25, -0.2) is 4.39 Å². The summed E-state index contributed by atoms with van der Waals surface area (Å²) in [6, 6.07) is 3.27. The van der Waals surface area contributed by atoms with Crippen LogP contribution < -0.4 is 0 Å². The predicted octanol–water partition coefficient (Wildman–Crippen LogP) is 1.79. The largest absolute Gasteiger partial charge is 0.507 e. The number of hydrogen-bond donors (Lipinski definition) is 1. The van der Waals surface area contributed by atoms with Crippen molar-refractivity contribution < 1.29 is 14.3 Å². The van der Waals surface area contributed by atoms with Gasteiger partial charge in [0, 0.05) is 13.6 Å². The number of likely N-dealkylation sites (N-methyl/N-ethyl adjacent to an activating group) is 1. The highest BCUT2D eigenvalue weighted by atomic mass is 19.1. The van der Waals surface area contributed by atoms with Gasteiger partial charge in [0.1, 0.15) is 11.6 Å². The van der Waals surface area contributed by atoms with Crippen molar-refractivity contribution in [3.63, 3.8) is 0 Å². The molecule has 0 aliphatic carbocycles. The van der Waals surface area contributed by atoms with Crippen LogP contribution in [0.5, 0.6) is 5.75 Å². The van der Waals surface area contributed by atoms with Gasteiger partial charge in [0.05, 0.1) is 5.56 Å².